The van der Waals surface area contributed by atoms with Crippen LogP contribution in [0.25, 0.3) is 0 Å². The number of amides is 1. The molecule has 0 heterocycles. The second-order valence-electron chi connectivity index (χ2n) is 4.69. The third kappa shape index (κ3) is 5.09. The van der Waals surface area contributed by atoms with Gasteiger partial charge in [0.1, 0.15) is 12.4 Å². The van der Waals surface area contributed by atoms with Crippen LogP contribution < -0.4 is 4.74 Å². The number of ether oxygens (including phenoxy) is 1. The van der Waals surface area contributed by atoms with E-state index in [9.17, 15) is 4.79 Å². The summed E-state index contributed by atoms with van der Waals surface area (Å²) in [5.74, 6) is 0.874. The van der Waals surface area contributed by atoms with Gasteiger partial charge in [-0.05, 0) is 38.2 Å². The lowest BCUT2D eigenvalue weighted by atomic mass is 10.2. The molecule has 0 radical (unpaired) electrons. The average molecular weight is 285 g/mol. The molecule has 0 aliphatic rings. The Bertz CT molecular complexity index is 406. The van der Waals surface area contributed by atoms with E-state index in [0.717, 1.165) is 5.75 Å². The number of carbonyl (C=O) groups is 1. The molecular formula is C14H21ClN2O2. The van der Waals surface area contributed by atoms with Gasteiger partial charge >= 0.3 is 0 Å². The largest absolute Gasteiger partial charge is 0.492 e. The van der Waals surface area contributed by atoms with Crippen LogP contribution in [0.3, 0.4) is 0 Å². The molecule has 1 rings (SSSR count). The van der Waals surface area contributed by atoms with Gasteiger partial charge in [-0.25, -0.2) is 0 Å². The minimum Gasteiger partial charge on any atom is -0.492 e. The van der Waals surface area contributed by atoms with E-state index >= 15 is 0 Å². The summed E-state index contributed by atoms with van der Waals surface area (Å²) < 4.78 is 5.60. The Balaban J connectivity index is 2.36. The highest BCUT2D eigenvalue weighted by atomic mass is 35.5. The van der Waals surface area contributed by atoms with Crippen molar-refractivity contribution in [1.82, 2.24) is 9.80 Å². The van der Waals surface area contributed by atoms with Crippen LogP contribution in [0.4, 0.5) is 0 Å². The van der Waals surface area contributed by atoms with Gasteiger partial charge in [-0.3, -0.25) is 9.69 Å². The number of benzene rings is 1. The highest BCUT2D eigenvalue weighted by molar-refractivity contribution is 6.30. The standard InChI is InChI=1S/C14H21ClN2O2/c1-11(14(18)16(2)3)17(4)9-10-19-13-7-5-12(15)6-8-13/h5-8,11H,9-10H2,1-4H3. The zero-order chi connectivity index (χ0) is 14.4. The highest BCUT2D eigenvalue weighted by Gasteiger charge is 2.19. The number of carbonyl (C=O) groups excluding carboxylic acids is 1. The van der Waals surface area contributed by atoms with E-state index in [2.05, 4.69) is 0 Å². The van der Waals surface area contributed by atoms with E-state index in [0.29, 0.717) is 18.2 Å². The summed E-state index contributed by atoms with van der Waals surface area (Å²) in [6, 6.07) is 7.09. The van der Waals surface area contributed by atoms with E-state index in [-0.39, 0.29) is 11.9 Å². The number of hydrogen-bond donors (Lipinski definition) is 0. The van der Waals surface area contributed by atoms with Crippen LogP contribution in [0, 0.1) is 0 Å². The molecule has 1 aromatic rings. The summed E-state index contributed by atoms with van der Waals surface area (Å²) in [6.45, 7) is 3.11. The first-order valence-electron chi connectivity index (χ1n) is 6.21. The first-order chi connectivity index (χ1) is 8.91. The third-order valence-corrected chi connectivity index (χ3v) is 3.24. The Labute approximate surface area is 119 Å². The molecule has 4 nitrogen and oxygen atoms in total. The van der Waals surface area contributed by atoms with E-state index in [1.807, 2.05) is 31.0 Å². The lowest BCUT2D eigenvalue weighted by molar-refractivity contribution is -0.133. The maximum Gasteiger partial charge on any atom is 0.239 e. The Morgan fingerprint density at radius 2 is 1.84 bits per heavy atom. The minimum atomic E-state index is -0.149. The number of nitrogens with zero attached hydrogens (tertiary/aromatic N) is 2. The van der Waals surface area contributed by atoms with Crippen LogP contribution in [0.15, 0.2) is 24.3 Å². The van der Waals surface area contributed by atoms with Gasteiger partial charge in [0.05, 0.1) is 6.04 Å². The minimum absolute atomic E-state index is 0.0917. The molecule has 0 N–H and O–H groups in total. The van der Waals surface area contributed by atoms with Crippen molar-refractivity contribution in [2.24, 2.45) is 0 Å². The molecule has 0 aliphatic carbocycles. The van der Waals surface area contributed by atoms with Crippen molar-refractivity contribution in [3.8, 4) is 5.75 Å². The maximum atomic E-state index is 11.8. The number of likely N-dealkylation sites (N-methyl/N-ethyl adjacent to an activating group) is 2. The summed E-state index contributed by atoms with van der Waals surface area (Å²) >= 11 is 5.80. The van der Waals surface area contributed by atoms with Crippen molar-refractivity contribution in [2.45, 2.75) is 13.0 Å². The Hall–Kier alpha value is -1.26. The van der Waals surface area contributed by atoms with Gasteiger partial charge < -0.3 is 9.64 Å². The Morgan fingerprint density at radius 1 is 1.26 bits per heavy atom. The molecule has 1 aromatic carbocycles. The van der Waals surface area contributed by atoms with Crippen molar-refractivity contribution in [2.75, 3.05) is 34.3 Å². The van der Waals surface area contributed by atoms with Crippen molar-refractivity contribution >= 4 is 17.5 Å². The molecular weight excluding hydrogens is 264 g/mol. The molecule has 1 atom stereocenters. The molecule has 0 spiro atoms. The number of hydrogen-bond acceptors (Lipinski definition) is 3. The van der Waals surface area contributed by atoms with Gasteiger partial charge in [0.15, 0.2) is 0 Å². The molecule has 0 bridgehead atoms. The average Bonchev–Trinajstić information content (AvgIpc) is 2.39. The van der Waals surface area contributed by atoms with E-state index < -0.39 is 0 Å². The molecule has 5 heteroatoms. The predicted molar refractivity (Wildman–Crippen MR) is 77.7 cm³/mol. The maximum absolute atomic E-state index is 11.8. The summed E-state index contributed by atoms with van der Waals surface area (Å²) in [5, 5.41) is 0.690. The first-order valence-corrected chi connectivity index (χ1v) is 6.59. The predicted octanol–water partition coefficient (Wildman–Crippen LogP) is 2.13. The zero-order valence-corrected chi connectivity index (χ0v) is 12.6. The monoisotopic (exact) mass is 284 g/mol. The van der Waals surface area contributed by atoms with Gasteiger partial charge in [0.25, 0.3) is 0 Å². The first kappa shape index (κ1) is 15.8. The van der Waals surface area contributed by atoms with Crippen LogP contribution in [-0.4, -0.2) is 56.0 Å². The van der Waals surface area contributed by atoms with Crippen molar-refractivity contribution < 1.29 is 9.53 Å². The van der Waals surface area contributed by atoms with Crippen LogP contribution in [-0.2, 0) is 4.79 Å². The Morgan fingerprint density at radius 3 is 2.37 bits per heavy atom. The molecule has 0 fully saturated rings. The summed E-state index contributed by atoms with van der Waals surface area (Å²) in [6.07, 6.45) is 0. The van der Waals surface area contributed by atoms with Gasteiger partial charge in [-0.1, -0.05) is 11.6 Å². The second-order valence-corrected chi connectivity index (χ2v) is 5.13. The van der Waals surface area contributed by atoms with Gasteiger partial charge in [-0.15, -0.1) is 0 Å². The third-order valence-electron chi connectivity index (χ3n) is 2.99. The van der Waals surface area contributed by atoms with Crippen LogP contribution >= 0.6 is 11.6 Å². The fourth-order valence-corrected chi connectivity index (χ4v) is 1.72. The SMILES string of the molecule is CC(C(=O)N(C)C)N(C)CCOc1ccc(Cl)cc1. The van der Waals surface area contributed by atoms with Crippen LogP contribution in [0.2, 0.25) is 5.02 Å². The number of rotatable bonds is 6. The number of halogens is 1. The molecule has 0 aromatic heterocycles. The molecule has 0 aliphatic heterocycles. The molecule has 19 heavy (non-hydrogen) atoms. The van der Waals surface area contributed by atoms with Gasteiger partial charge in [0, 0.05) is 25.7 Å². The van der Waals surface area contributed by atoms with E-state index in [1.54, 1.807) is 31.1 Å². The normalized spacial score (nSPS) is 12.3. The topological polar surface area (TPSA) is 32.8 Å². The summed E-state index contributed by atoms with van der Waals surface area (Å²) in [4.78, 5) is 15.4. The molecule has 1 unspecified atom stereocenters. The van der Waals surface area contributed by atoms with Crippen molar-refractivity contribution in [3.63, 3.8) is 0 Å². The lowest BCUT2D eigenvalue weighted by Crippen LogP contribution is -2.44. The smallest absolute Gasteiger partial charge is 0.239 e. The van der Waals surface area contributed by atoms with Gasteiger partial charge in [0.2, 0.25) is 5.91 Å². The van der Waals surface area contributed by atoms with E-state index in [1.165, 1.54) is 0 Å². The Kier molecular flexibility index (Phi) is 6.12. The fraction of sp³-hybridized carbons (Fsp3) is 0.500. The summed E-state index contributed by atoms with van der Waals surface area (Å²) in [5.41, 5.74) is 0. The molecule has 0 saturated carbocycles. The molecule has 106 valence electrons. The zero-order valence-electron chi connectivity index (χ0n) is 11.9. The molecule has 0 saturated heterocycles. The highest BCUT2D eigenvalue weighted by Crippen LogP contribution is 2.15. The lowest BCUT2D eigenvalue weighted by Gasteiger charge is -2.26. The van der Waals surface area contributed by atoms with Gasteiger partial charge in [-0.2, -0.15) is 0 Å². The van der Waals surface area contributed by atoms with Crippen LogP contribution in [0.5, 0.6) is 5.75 Å². The quantitative estimate of drug-likeness (QED) is 0.802. The van der Waals surface area contributed by atoms with E-state index in [4.69, 9.17) is 16.3 Å². The fourth-order valence-electron chi connectivity index (χ4n) is 1.59. The summed E-state index contributed by atoms with van der Waals surface area (Å²) in [7, 11) is 5.44. The van der Waals surface area contributed by atoms with Crippen LogP contribution in [0.1, 0.15) is 6.92 Å². The molecule has 1 amide bonds. The van der Waals surface area contributed by atoms with Crippen molar-refractivity contribution in [1.29, 1.82) is 0 Å². The van der Waals surface area contributed by atoms with Crippen molar-refractivity contribution in [3.05, 3.63) is 29.3 Å². The second kappa shape index (κ2) is 7.36.